The molecule has 2 unspecified atom stereocenters. The van der Waals surface area contributed by atoms with Gasteiger partial charge in [-0.15, -0.1) is 0 Å². The fourth-order valence-corrected chi connectivity index (χ4v) is 5.50. The second-order valence-electron chi connectivity index (χ2n) is 9.93. The van der Waals surface area contributed by atoms with Crippen LogP contribution in [0.4, 0.5) is 0 Å². The van der Waals surface area contributed by atoms with Crippen molar-refractivity contribution in [3.05, 3.63) is 53.1 Å². The van der Waals surface area contributed by atoms with Crippen LogP contribution in [0, 0.1) is 5.92 Å². The molecule has 2 N–H and O–H groups in total. The van der Waals surface area contributed by atoms with E-state index in [1.54, 1.807) is 6.20 Å². The van der Waals surface area contributed by atoms with Crippen molar-refractivity contribution in [3.63, 3.8) is 0 Å². The molecule has 1 saturated heterocycles. The molecule has 3 aliphatic rings. The van der Waals surface area contributed by atoms with Gasteiger partial charge in [-0.3, -0.25) is 14.5 Å². The first-order valence-corrected chi connectivity index (χ1v) is 12.7. The number of carbonyl (C=O) groups excluding carboxylic acids is 2. The van der Waals surface area contributed by atoms with Gasteiger partial charge in [-0.2, -0.15) is 0 Å². The largest absolute Gasteiger partial charge is 0.390 e. The van der Waals surface area contributed by atoms with Gasteiger partial charge in [0.05, 0.1) is 12.0 Å². The first-order valence-electron chi connectivity index (χ1n) is 12.7. The molecule has 2 atom stereocenters. The second-order valence-corrected chi connectivity index (χ2v) is 9.93. The highest BCUT2D eigenvalue weighted by Crippen LogP contribution is 2.24. The molecule has 3 aliphatic heterocycles. The average Bonchev–Trinajstić information content (AvgIpc) is 3.31. The number of nitrogens with one attached hydrogen (secondary N) is 1. The average molecular weight is 466 g/mol. The lowest BCUT2D eigenvalue weighted by Crippen LogP contribution is -2.42. The summed E-state index contributed by atoms with van der Waals surface area (Å²) in [6, 6.07) is 8.43. The molecule has 1 aromatic heterocycles. The van der Waals surface area contributed by atoms with Crippen molar-refractivity contribution in [1.29, 1.82) is 0 Å². The Morgan fingerprint density at radius 3 is 2.71 bits per heavy atom. The zero-order valence-electron chi connectivity index (χ0n) is 19.8. The van der Waals surface area contributed by atoms with Gasteiger partial charge in [-0.1, -0.05) is 24.3 Å². The number of nitrogens with zero attached hydrogens (tertiary/aromatic N) is 4. The maximum Gasteiger partial charge on any atom is 0.271 e. The Hall–Kier alpha value is -2.71. The molecule has 2 aromatic rings. The van der Waals surface area contributed by atoms with Crippen LogP contribution in [0.1, 0.15) is 53.1 Å². The summed E-state index contributed by atoms with van der Waals surface area (Å²) in [5, 5.41) is 13.3. The first-order chi connectivity index (χ1) is 16.6. The predicted octanol–water partition coefficient (Wildman–Crippen LogP) is 1.61. The van der Waals surface area contributed by atoms with E-state index in [2.05, 4.69) is 39.5 Å². The maximum absolute atomic E-state index is 12.9. The Balaban J connectivity index is 1.11. The number of amides is 2. The highest BCUT2D eigenvalue weighted by molar-refractivity contribution is 5.92. The van der Waals surface area contributed by atoms with Crippen LogP contribution >= 0.6 is 0 Å². The smallest absolute Gasteiger partial charge is 0.271 e. The molecule has 4 heterocycles. The molecule has 0 radical (unpaired) electrons. The number of hydrogen-bond donors (Lipinski definition) is 2. The van der Waals surface area contributed by atoms with E-state index in [1.807, 2.05) is 9.47 Å². The predicted molar refractivity (Wildman–Crippen MR) is 128 cm³/mol. The van der Waals surface area contributed by atoms with Crippen molar-refractivity contribution >= 4 is 11.8 Å². The van der Waals surface area contributed by atoms with E-state index < -0.39 is 6.10 Å². The summed E-state index contributed by atoms with van der Waals surface area (Å²) in [6.45, 7) is 4.77. The number of benzene rings is 1. The lowest BCUT2D eigenvalue weighted by atomic mass is 9.97. The van der Waals surface area contributed by atoms with Gasteiger partial charge in [0.15, 0.2) is 0 Å². The van der Waals surface area contributed by atoms with Gasteiger partial charge in [0.25, 0.3) is 5.91 Å². The number of β-amino-alcohol motifs (C(OH)–C–C–N with tert-alkyl or cyclic N) is 1. The molecule has 8 heteroatoms. The van der Waals surface area contributed by atoms with Crippen molar-refractivity contribution in [2.75, 3.05) is 32.7 Å². The number of rotatable bonds is 6. The second kappa shape index (κ2) is 10.3. The van der Waals surface area contributed by atoms with Crippen molar-refractivity contribution in [2.45, 2.75) is 57.7 Å². The van der Waals surface area contributed by atoms with E-state index in [-0.39, 0.29) is 24.3 Å². The minimum atomic E-state index is -0.641. The van der Waals surface area contributed by atoms with Gasteiger partial charge in [0, 0.05) is 58.4 Å². The zero-order chi connectivity index (χ0) is 23.5. The third-order valence-electron chi connectivity index (χ3n) is 7.42. The number of carbonyl (C=O) groups is 2. The van der Waals surface area contributed by atoms with Gasteiger partial charge < -0.3 is 19.9 Å². The van der Waals surface area contributed by atoms with Crippen LogP contribution in [0.15, 0.2) is 30.5 Å². The van der Waals surface area contributed by atoms with Crippen molar-refractivity contribution in [3.8, 4) is 0 Å². The summed E-state index contributed by atoms with van der Waals surface area (Å²) < 4.78 is 1.96. The Morgan fingerprint density at radius 2 is 1.88 bits per heavy atom. The molecule has 1 aromatic carbocycles. The molecule has 1 fully saturated rings. The van der Waals surface area contributed by atoms with E-state index in [0.29, 0.717) is 25.2 Å². The van der Waals surface area contributed by atoms with E-state index in [1.165, 1.54) is 17.5 Å². The Labute approximate surface area is 201 Å². The molecule has 5 rings (SSSR count). The SMILES string of the molecule is O=C(NCC(O)CN1CCc2ccccc2C1)c1cn2c(n1)CCC(C(=O)N1CCCCC1)C2. The van der Waals surface area contributed by atoms with E-state index in [0.717, 1.165) is 57.7 Å². The number of aliphatic hydroxyl groups is 1. The minimum absolute atomic E-state index is 0.0350. The number of aryl methyl sites for hydroxylation is 1. The molecular weight excluding hydrogens is 430 g/mol. The molecular formula is C26H35N5O3. The summed E-state index contributed by atoms with van der Waals surface area (Å²) in [6.07, 6.45) is 6.98. The van der Waals surface area contributed by atoms with E-state index in [4.69, 9.17) is 0 Å². The molecule has 182 valence electrons. The van der Waals surface area contributed by atoms with Gasteiger partial charge >= 0.3 is 0 Å². The highest BCUT2D eigenvalue weighted by atomic mass is 16.3. The Bertz CT molecular complexity index is 1030. The monoisotopic (exact) mass is 465 g/mol. The molecule has 0 bridgehead atoms. The number of piperidine rings is 1. The van der Waals surface area contributed by atoms with Crippen LogP contribution in [0.5, 0.6) is 0 Å². The number of aliphatic hydroxyl groups excluding tert-OH is 1. The topological polar surface area (TPSA) is 90.7 Å². The van der Waals surface area contributed by atoms with E-state index in [9.17, 15) is 14.7 Å². The normalized spacial score (nSPS) is 21.4. The maximum atomic E-state index is 12.9. The van der Waals surface area contributed by atoms with Gasteiger partial charge in [-0.25, -0.2) is 4.98 Å². The number of hydrogen-bond acceptors (Lipinski definition) is 5. The quantitative estimate of drug-likeness (QED) is 0.677. The third-order valence-corrected chi connectivity index (χ3v) is 7.42. The van der Waals surface area contributed by atoms with Crippen LogP contribution in [0.3, 0.4) is 0 Å². The molecule has 0 saturated carbocycles. The van der Waals surface area contributed by atoms with Gasteiger partial charge in [0.2, 0.25) is 5.91 Å². The molecule has 8 nitrogen and oxygen atoms in total. The summed E-state index contributed by atoms with van der Waals surface area (Å²) in [5.41, 5.74) is 3.05. The Kier molecular flexibility index (Phi) is 6.97. The van der Waals surface area contributed by atoms with Crippen molar-refractivity contribution < 1.29 is 14.7 Å². The zero-order valence-corrected chi connectivity index (χ0v) is 19.8. The van der Waals surface area contributed by atoms with Crippen LogP contribution in [0.2, 0.25) is 0 Å². The molecule has 34 heavy (non-hydrogen) atoms. The van der Waals surface area contributed by atoms with Gasteiger partial charge in [0.1, 0.15) is 11.5 Å². The standard InChI is InChI=1S/C26H35N5O3/c32-22(17-29-13-10-19-6-2-3-7-20(19)15-29)14-27-25(33)23-18-31-16-21(8-9-24(31)28-23)26(34)30-11-4-1-5-12-30/h2-3,6-7,18,21-22,32H,1,4-5,8-17H2,(H,27,33). The molecule has 2 amide bonds. The minimum Gasteiger partial charge on any atom is -0.390 e. The number of aromatic nitrogens is 2. The Morgan fingerprint density at radius 1 is 1.09 bits per heavy atom. The number of fused-ring (bicyclic) bond motifs is 2. The number of likely N-dealkylation sites (tertiary alicyclic amines) is 1. The van der Waals surface area contributed by atoms with Crippen LogP contribution < -0.4 is 5.32 Å². The lowest BCUT2D eigenvalue weighted by molar-refractivity contribution is -0.137. The summed E-state index contributed by atoms with van der Waals surface area (Å²) in [5.74, 6) is 0.796. The summed E-state index contributed by atoms with van der Waals surface area (Å²) in [7, 11) is 0. The summed E-state index contributed by atoms with van der Waals surface area (Å²) >= 11 is 0. The van der Waals surface area contributed by atoms with Crippen molar-refractivity contribution in [1.82, 2.24) is 24.7 Å². The van der Waals surface area contributed by atoms with E-state index >= 15 is 0 Å². The van der Waals surface area contributed by atoms with Crippen LogP contribution in [-0.4, -0.2) is 75.1 Å². The van der Waals surface area contributed by atoms with Crippen LogP contribution in [0.25, 0.3) is 0 Å². The van der Waals surface area contributed by atoms with Crippen LogP contribution in [-0.2, 0) is 30.7 Å². The first kappa shape index (κ1) is 23.1. The molecule has 0 spiro atoms. The van der Waals surface area contributed by atoms with Gasteiger partial charge in [-0.05, 0) is 43.2 Å². The third kappa shape index (κ3) is 5.18. The number of imidazole rings is 1. The lowest BCUT2D eigenvalue weighted by Gasteiger charge is -2.32. The fraction of sp³-hybridized carbons (Fsp3) is 0.577. The van der Waals surface area contributed by atoms with Crippen molar-refractivity contribution in [2.24, 2.45) is 5.92 Å². The highest BCUT2D eigenvalue weighted by Gasteiger charge is 2.30. The summed E-state index contributed by atoms with van der Waals surface area (Å²) in [4.78, 5) is 34.3. The molecule has 0 aliphatic carbocycles. The fourth-order valence-electron chi connectivity index (χ4n) is 5.50.